The van der Waals surface area contributed by atoms with Crippen molar-refractivity contribution < 1.29 is 13.9 Å². The normalized spacial score (nSPS) is 15.1. The Morgan fingerprint density at radius 3 is 2.71 bits per heavy atom. The molecule has 0 aliphatic carbocycles. The van der Waals surface area contributed by atoms with E-state index in [1.54, 1.807) is 6.07 Å². The third kappa shape index (κ3) is 4.43. The molecule has 5 nitrogen and oxygen atoms in total. The Hall–Kier alpha value is -2.22. The summed E-state index contributed by atoms with van der Waals surface area (Å²) in [5.74, 6) is -0.793. The maximum atomic E-state index is 13.5. The lowest BCUT2D eigenvalue weighted by molar-refractivity contribution is 0.0365. The largest absolute Gasteiger partial charge is 0.379 e. The lowest BCUT2D eigenvalue weighted by Crippen LogP contribution is -2.38. The summed E-state index contributed by atoms with van der Waals surface area (Å²) in [7, 11) is 0. The van der Waals surface area contributed by atoms with E-state index in [9.17, 15) is 9.18 Å². The highest BCUT2D eigenvalue weighted by Gasteiger charge is 2.12. The number of morpholine rings is 1. The molecule has 7 heteroatoms. The zero-order valence-electron chi connectivity index (χ0n) is 15.3. The number of hydrogen-bond donors (Lipinski definition) is 1. The second-order valence-corrected chi connectivity index (χ2v) is 7.76. The molecule has 0 atom stereocenters. The Morgan fingerprint density at radius 2 is 1.93 bits per heavy atom. The number of ether oxygens (including phenoxy) is 1. The molecule has 2 aromatic carbocycles. The highest BCUT2D eigenvalue weighted by molar-refractivity contribution is 9.10. The van der Waals surface area contributed by atoms with Crippen molar-refractivity contribution in [3.05, 3.63) is 64.5 Å². The van der Waals surface area contributed by atoms with Crippen LogP contribution in [0.15, 0.2) is 53.1 Å². The fourth-order valence-electron chi connectivity index (χ4n) is 3.44. The second-order valence-electron chi connectivity index (χ2n) is 6.85. The van der Waals surface area contributed by atoms with Crippen LogP contribution in [0.2, 0.25) is 0 Å². The van der Waals surface area contributed by atoms with Gasteiger partial charge in [-0.15, -0.1) is 0 Å². The SMILES string of the molecule is O=C(Nc1ccc2c(ccn2CCN2CCOCC2)c1)c1cc(F)cc(Br)c1. The molecule has 0 spiro atoms. The van der Waals surface area contributed by atoms with Crippen LogP contribution in [0, 0.1) is 5.82 Å². The van der Waals surface area contributed by atoms with Gasteiger partial charge in [0, 0.05) is 59.0 Å². The number of halogens is 2. The lowest BCUT2D eigenvalue weighted by Gasteiger charge is -2.26. The van der Waals surface area contributed by atoms with Gasteiger partial charge >= 0.3 is 0 Å². The lowest BCUT2D eigenvalue weighted by atomic mass is 10.2. The molecule has 1 aliphatic heterocycles. The monoisotopic (exact) mass is 445 g/mol. The van der Waals surface area contributed by atoms with Crippen LogP contribution in [0.1, 0.15) is 10.4 Å². The minimum absolute atomic E-state index is 0.273. The van der Waals surface area contributed by atoms with Crippen molar-refractivity contribution in [2.24, 2.45) is 0 Å². The number of amides is 1. The number of nitrogens with zero attached hydrogens (tertiary/aromatic N) is 2. The predicted molar refractivity (Wildman–Crippen MR) is 111 cm³/mol. The van der Waals surface area contributed by atoms with Gasteiger partial charge in [-0.3, -0.25) is 9.69 Å². The molecule has 0 saturated carbocycles. The van der Waals surface area contributed by atoms with Gasteiger partial charge in [0.25, 0.3) is 5.91 Å². The first kappa shape index (κ1) is 19.1. The summed E-state index contributed by atoms with van der Waals surface area (Å²) < 4.78 is 21.7. The average molecular weight is 446 g/mol. The Labute approximate surface area is 171 Å². The van der Waals surface area contributed by atoms with Gasteiger partial charge in [0.15, 0.2) is 0 Å². The molecule has 2 heterocycles. The number of nitrogens with one attached hydrogen (secondary N) is 1. The van der Waals surface area contributed by atoms with Gasteiger partial charge in [0.2, 0.25) is 0 Å². The standard InChI is InChI=1S/C21H21BrFN3O2/c22-17-11-16(12-18(23)14-17)21(27)24-19-1-2-20-15(13-19)3-4-26(20)6-5-25-7-9-28-10-8-25/h1-4,11-14H,5-10H2,(H,24,27). The zero-order chi connectivity index (χ0) is 19.5. The first-order valence-corrected chi connectivity index (χ1v) is 10.0. The molecule has 0 bridgehead atoms. The summed E-state index contributed by atoms with van der Waals surface area (Å²) in [6.07, 6.45) is 2.07. The number of carbonyl (C=O) groups excluding carboxylic acids is 1. The minimum atomic E-state index is -0.452. The Bertz CT molecular complexity index is 978. The van der Waals surface area contributed by atoms with Gasteiger partial charge in [0.1, 0.15) is 5.82 Å². The number of benzene rings is 2. The van der Waals surface area contributed by atoms with Gasteiger partial charge in [-0.2, -0.15) is 0 Å². The Balaban J connectivity index is 1.45. The average Bonchev–Trinajstić information content (AvgIpc) is 3.08. The summed E-state index contributed by atoms with van der Waals surface area (Å²) in [5, 5.41) is 3.90. The van der Waals surface area contributed by atoms with E-state index in [4.69, 9.17) is 4.74 Å². The first-order valence-electron chi connectivity index (χ1n) is 9.25. The van der Waals surface area contributed by atoms with E-state index in [-0.39, 0.29) is 11.5 Å². The third-order valence-corrected chi connectivity index (χ3v) is 5.37. The molecule has 1 aliphatic rings. The molecule has 0 unspecified atom stereocenters. The number of anilines is 1. The van der Waals surface area contributed by atoms with Crippen molar-refractivity contribution in [3.63, 3.8) is 0 Å². The van der Waals surface area contributed by atoms with Gasteiger partial charge in [0.05, 0.1) is 13.2 Å². The van der Waals surface area contributed by atoms with Crippen molar-refractivity contribution >= 4 is 38.4 Å². The second kappa shape index (κ2) is 8.43. The summed E-state index contributed by atoms with van der Waals surface area (Å²) in [4.78, 5) is 14.8. The van der Waals surface area contributed by atoms with Crippen LogP contribution >= 0.6 is 15.9 Å². The summed E-state index contributed by atoms with van der Waals surface area (Å²) in [5.41, 5.74) is 2.08. The highest BCUT2D eigenvalue weighted by Crippen LogP contribution is 2.22. The van der Waals surface area contributed by atoms with E-state index in [0.29, 0.717) is 10.2 Å². The highest BCUT2D eigenvalue weighted by atomic mass is 79.9. The number of fused-ring (bicyclic) bond motifs is 1. The fourth-order valence-corrected chi connectivity index (χ4v) is 3.90. The summed E-state index contributed by atoms with van der Waals surface area (Å²) >= 11 is 3.21. The molecule has 3 aromatic rings. The maximum absolute atomic E-state index is 13.5. The molecule has 28 heavy (non-hydrogen) atoms. The molecular formula is C21H21BrFN3O2. The van der Waals surface area contributed by atoms with E-state index in [1.165, 1.54) is 12.1 Å². The fraction of sp³-hybridized carbons (Fsp3) is 0.286. The van der Waals surface area contributed by atoms with Crippen LogP contribution in [-0.2, 0) is 11.3 Å². The number of rotatable bonds is 5. The van der Waals surface area contributed by atoms with Crippen molar-refractivity contribution in [1.82, 2.24) is 9.47 Å². The minimum Gasteiger partial charge on any atom is -0.379 e. The predicted octanol–water partition coefficient (Wildman–Crippen LogP) is 4.13. The van der Waals surface area contributed by atoms with Crippen LogP contribution in [0.25, 0.3) is 10.9 Å². The van der Waals surface area contributed by atoms with E-state index in [0.717, 1.165) is 50.3 Å². The Kier molecular flexibility index (Phi) is 5.75. The third-order valence-electron chi connectivity index (χ3n) is 4.91. The van der Waals surface area contributed by atoms with Crippen LogP contribution in [0.5, 0.6) is 0 Å². The maximum Gasteiger partial charge on any atom is 0.255 e. The van der Waals surface area contributed by atoms with Gasteiger partial charge < -0.3 is 14.6 Å². The number of carbonyl (C=O) groups is 1. The molecule has 1 saturated heterocycles. The molecule has 1 aromatic heterocycles. The zero-order valence-corrected chi connectivity index (χ0v) is 16.9. The van der Waals surface area contributed by atoms with E-state index >= 15 is 0 Å². The topological polar surface area (TPSA) is 46.5 Å². The number of aromatic nitrogens is 1. The van der Waals surface area contributed by atoms with Crippen LogP contribution in [0.3, 0.4) is 0 Å². The first-order chi connectivity index (χ1) is 13.6. The smallest absolute Gasteiger partial charge is 0.255 e. The quantitative estimate of drug-likeness (QED) is 0.642. The molecule has 1 fully saturated rings. The summed E-state index contributed by atoms with van der Waals surface area (Å²) in [6, 6.07) is 12.0. The molecule has 1 N–H and O–H groups in total. The van der Waals surface area contributed by atoms with E-state index in [2.05, 4.69) is 36.9 Å². The van der Waals surface area contributed by atoms with Crippen LogP contribution in [-0.4, -0.2) is 48.2 Å². The van der Waals surface area contributed by atoms with Crippen LogP contribution in [0.4, 0.5) is 10.1 Å². The van der Waals surface area contributed by atoms with Gasteiger partial charge in [-0.1, -0.05) is 15.9 Å². The van der Waals surface area contributed by atoms with E-state index in [1.807, 2.05) is 24.3 Å². The van der Waals surface area contributed by atoms with Crippen molar-refractivity contribution in [1.29, 1.82) is 0 Å². The molecule has 4 rings (SSSR count). The molecular weight excluding hydrogens is 425 g/mol. The van der Waals surface area contributed by atoms with Crippen molar-refractivity contribution in [3.8, 4) is 0 Å². The number of hydrogen-bond acceptors (Lipinski definition) is 3. The molecule has 146 valence electrons. The molecule has 1 amide bonds. The van der Waals surface area contributed by atoms with E-state index < -0.39 is 5.82 Å². The van der Waals surface area contributed by atoms with Gasteiger partial charge in [-0.25, -0.2) is 4.39 Å². The summed E-state index contributed by atoms with van der Waals surface area (Å²) in [6.45, 7) is 5.46. The Morgan fingerprint density at radius 1 is 1.11 bits per heavy atom. The van der Waals surface area contributed by atoms with Crippen molar-refractivity contribution in [2.45, 2.75) is 6.54 Å². The van der Waals surface area contributed by atoms with Gasteiger partial charge in [-0.05, 0) is 42.5 Å². The molecule has 0 radical (unpaired) electrons. The van der Waals surface area contributed by atoms with Crippen molar-refractivity contribution in [2.75, 3.05) is 38.2 Å². The van der Waals surface area contributed by atoms with Crippen LogP contribution < -0.4 is 5.32 Å².